The molecule has 2 aromatic carbocycles. The van der Waals surface area contributed by atoms with Crippen molar-refractivity contribution in [3.05, 3.63) is 65.6 Å². The largest absolute Gasteiger partial charge is 0.335 e. The van der Waals surface area contributed by atoms with Gasteiger partial charge in [-0.15, -0.1) is 0 Å². The lowest BCUT2D eigenvalue weighted by Gasteiger charge is -2.34. The molecule has 1 saturated carbocycles. The molecule has 7 heteroatoms. The van der Waals surface area contributed by atoms with E-state index in [-0.39, 0.29) is 24.1 Å². The number of hydrogen-bond acceptors (Lipinski definition) is 4. The quantitative estimate of drug-likeness (QED) is 0.571. The van der Waals surface area contributed by atoms with E-state index >= 15 is 0 Å². The van der Waals surface area contributed by atoms with Gasteiger partial charge in [-0.2, -0.15) is 5.10 Å². The number of ketones is 1. The van der Waals surface area contributed by atoms with Crippen LogP contribution in [0.3, 0.4) is 0 Å². The zero-order valence-electron chi connectivity index (χ0n) is 18.0. The van der Waals surface area contributed by atoms with E-state index in [1.54, 1.807) is 0 Å². The van der Waals surface area contributed by atoms with Gasteiger partial charge in [0.25, 0.3) is 5.91 Å². The molecule has 0 radical (unpaired) electrons. The number of amides is 1. The maximum atomic E-state index is 13.4. The predicted molar refractivity (Wildman–Crippen MR) is 120 cm³/mol. The number of para-hydroxylation sites is 1. The molecule has 0 N–H and O–H groups in total. The average molecular weight is 435 g/mol. The summed E-state index contributed by atoms with van der Waals surface area (Å²) in [6.45, 7) is 2.63. The van der Waals surface area contributed by atoms with Crippen LogP contribution in [0.5, 0.6) is 0 Å². The molecule has 1 aliphatic carbocycles. The molecule has 1 aliphatic heterocycles. The number of aromatic nitrogens is 2. The van der Waals surface area contributed by atoms with Gasteiger partial charge in [-0.1, -0.05) is 31.0 Å². The standard InChI is InChI=1S/C25H27FN4O2/c26-19-11-9-18(10-12-19)23(31)17-28-13-15-29(16-14-28)25(32)24-21-7-3-4-8-22(21)30(27-24)20-5-1-2-6-20/h3-4,7-12,20H,1-2,5-6,13-17H2. The Balaban J connectivity index is 1.26. The second-order valence-corrected chi connectivity index (χ2v) is 8.75. The van der Waals surface area contributed by atoms with E-state index in [2.05, 4.69) is 10.7 Å². The topological polar surface area (TPSA) is 58.4 Å². The highest BCUT2D eigenvalue weighted by atomic mass is 19.1. The molecule has 0 bridgehead atoms. The third-order valence-corrected chi connectivity index (χ3v) is 6.68. The van der Waals surface area contributed by atoms with Crippen LogP contribution in [0, 0.1) is 5.82 Å². The van der Waals surface area contributed by atoms with Gasteiger partial charge in [0.1, 0.15) is 5.82 Å². The van der Waals surface area contributed by atoms with Crippen LogP contribution in [0.4, 0.5) is 4.39 Å². The van der Waals surface area contributed by atoms with E-state index < -0.39 is 0 Å². The molecule has 3 aromatic rings. The maximum absolute atomic E-state index is 13.4. The highest BCUT2D eigenvalue weighted by Crippen LogP contribution is 2.33. The van der Waals surface area contributed by atoms with Gasteiger partial charge in [-0.25, -0.2) is 4.39 Å². The lowest BCUT2D eigenvalue weighted by Crippen LogP contribution is -2.50. The molecule has 0 unspecified atom stereocenters. The zero-order valence-corrected chi connectivity index (χ0v) is 18.0. The van der Waals surface area contributed by atoms with Gasteiger partial charge in [0.2, 0.25) is 0 Å². The predicted octanol–water partition coefficient (Wildman–Crippen LogP) is 3.93. The first-order chi connectivity index (χ1) is 15.6. The van der Waals surface area contributed by atoms with Crippen molar-refractivity contribution in [2.45, 2.75) is 31.7 Å². The van der Waals surface area contributed by atoms with Crippen LogP contribution >= 0.6 is 0 Å². The molecular weight excluding hydrogens is 407 g/mol. The highest BCUT2D eigenvalue weighted by molar-refractivity contribution is 6.05. The first kappa shape index (κ1) is 20.8. The summed E-state index contributed by atoms with van der Waals surface area (Å²) in [6.07, 6.45) is 4.64. The number of Topliss-reactive ketones (excluding diaryl/α,β-unsaturated/α-hetero) is 1. The van der Waals surface area contributed by atoms with Gasteiger partial charge in [0.05, 0.1) is 18.1 Å². The molecule has 0 atom stereocenters. The fourth-order valence-electron chi connectivity index (χ4n) is 4.86. The van der Waals surface area contributed by atoms with E-state index in [4.69, 9.17) is 5.10 Å². The normalized spacial score (nSPS) is 17.8. The number of fused-ring (bicyclic) bond motifs is 1. The number of benzene rings is 2. The summed E-state index contributed by atoms with van der Waals surface area (Å²) < 4.78 is 15.2. The minimum atomic E-state index is -0.350. The van der Waals surface area contributed by atoms with Crippen LogP contribution in [-0.2, 0) is 0 Å². The molecule has 1 amide bonds. The van der Waals surface area contributed by atoms with Crippen molar-refractivity contribution in [3.63, 3.8) is 0 Å². The molecule has 2 heterocycles. The fourth-order valence-corrected chi connectivity index (χ4v) is 4.86. The number of hydrogen-bond donors (Lipinski definition) is 0. The van der Waals surface area contributed by atoms with Crippen molar-refractivity contribution in [3.8, 4) is 0 Å². The lowest BCUT2D eigenvalue weighted by atomic mass is 10.1. The molecular formula is C25H27FN4O2. The maximum Gasteiger partial charge on any atom is 0.275 e. The van der Waals surface area contributed by atoms with Crippen molar-refractivity contribution in [2.24, 2.45) is 0 Å². The monoisotopic (exact) mass is 434 g/mol. The summed E-state index contributed by atoms with van der Waals surface area (Å²) in [7, 11) is 0. The van der Waals surface area contributed by atoms with Crippen LogP contribution in [0.15, 0.2) is 48.5 Å². The summed E-state index contributed by atoms with van der Waals surface area (Å²) in [4.78, 5) is 29.7. The Hall–Kier alpha value is -3.06. The van der Waals surface area contributed by atoms with Crippen molar-refractivity contribution in [1.29, 1.82) is 0 Å². The zero-order chi connectivity index (χ0) is 22.1. The average Bonchev–Trinajstić information content (AvgIpc) is 3.48. The van der Waals surface area contributed by atoms with Gasteiger partial charge >= 0.3 is 0 Å². The van der Waals surface area contributed by atoms with Crippen LogP contribution in [0.1, 0.15) is 52.6 Å². The van der Waals surface area contributed by atoms with E-state index in [9.17, 15) is 14.0 Å². The molecule has 2 fully saturated rings. The Morgan fingerprint density at radius 3 is 2.34 bits per heavy atom. The highest BCUT2D eigenvalue weighted by Gasteiger charge is 2.29. The van der Waals surface area contributed by atoms with E-state index in [1.807, 2.05) is 28.0 Å². The third kappa shape index (κ3) is 4.05. The summed E-state index contributed by atoms with van der Waals surface area (Å²) in [5.74, 6) is -0.426. The van der Waals surface area contributed by atoms with Crippen molar-refractivity contribution < 1.29 is 14.0 Å². The van der Waals surface area contributed by atoms with Gasteiger partial charge in [-0.3, -0.25) is 19.2 Å². The fraction of sp³-hybridized carbons (Fsp3) is 0.400. The second-order valence-electron chi connectivity index (χ2n) is 8.75. The van der Waals surface area contributed by atoms with E-state index in [0.717, 1.165) is 23.7 Å². The van der Waals surface area contributed by atoms with Crippen LogP contribution in [0.25, 0.3) is 10.9 Å². The summed E-state index contributed by atoms with van der Waals surface area (Å²) in [5.41, 5.74) is 2.07. The van der Waals surface area contributed by atoms with Crippen molar-refractivity contribution in [1.82, 2.24) is 19.6 Å². The van der Waals surface area contributed by atoms with Crippen LogP contribution in [-0.4, -0.2) is 64.0 Å². The Labute approximate surface area is 186 Å². The molecule has 0 spiro atoms. The number of halogens is 1. The van der Waals surface area contributed by atoms with Gasteiger partial charge in [0.15, 0.2) is 11.5 Å². The molecule has 1 aromatic heterocycles. The van der Waals surface area contributed by atoms with Gasteiger partial charge in [-0.05, 0) is 43.2 Å². The molecule has 32 heavy (non-hydrogen) atoms. The van der Waals surface area contributed by atoms with Gasteiger partial charge < -0.3 is 4.90 Å². The smallest absolute Gasteiger partial charge is 0.275 e. The summed E-state index contributed by atoms with van der Waals surface area (Å²) in [5, 5.41) is 5.70. The minimum absolute atomic E-state index is 0.0360. The number of carbonyl (C=O) groups is 2. The summed E-state index contributed by atoms with van der Waals surface area (Å²) >= 11 is 0. The molecule has 5 rings (SSSR count). The first-order valence-corrected chi connectivity index (χ1v) is 11.4. The molecule has 166 valence electrons. The second kappa shape index (κ2) is 8.82. The Morgan fingerprint density at radius 2 is 1.62 bits per heavy atom. The van der Waals surface area contributed by atoms with Crippen LogP contribution < -0.4 is 0 Å². The molecule has 2 aliphatic rings. The minimum Gasteiger partial charge on any atom is -0.335 e. The van der Waals surface area contributed by atoms with E-state index in [0.29, 0.717) is 43.5 Å². The van der Waals surface area contributed by atoms with Crippen molar-refractivity contribution >= 4 is 22.6 Å². The van der Waals surface area contributed by atoms with Crippen molar-refractivity contribution in [2.75, 3.05) is 32.7 Å². The lowest BCUT2D eigenvalue weighted by molar-refractivity contribution is 0.0619. The Kier molecular flexibility index (Phi) is 5.74. The number of rotatable bonds is 5. The van der Waals surface area contributed by atoms with Crippen LogP contribution in [0.2, 0.25) is 0 Å². The first-order valence-electron chi connectivity index (χ1n) is 11.4. The number of piperazine rings is 1. The Bertz CT molecular complexity index is 1130. The SMILES string of the molecule is O=C(CN1CCN(C(=O)c2nn(C3CCCC3)c3ccccc23)CC1)c1ccc(F)cc1. The number of nitrogens with zero attached hydrogens (tertiary/aromatic N) is 4. The Morgan fingerprint density at radius 1 is 0.938 bits per heavy atom. The summed E-state index contributed by atoms with van der Waals surface area (Å²) in [6, 6.07) is 14.0. The third-order valence-electron chi connectivity index (χ3n) is 6.68. The van der Waals surface area contributed by atoms with E-state index in [1.165, 1.54) is 37.1 Å². The van der Waals surface area contributed by atoms with Gasteiger partial charge in [0, 0.05) is 37.1 Å². The molecule has 6 nitrogen and oxygen atoms in total. The molecule has 1 saturated heterocycles. The number of carbonyl (C=O) groups excluding carboxylic acids is 2.